The van der Waals surface area contributed by atoms with E-state index in [0.717, 1.165) is 28.1 Å². The fourth-order valence-electron chi connectivity index (χ4n) is 2.86. The van der Waals surface area contributed by atoms with Gasteiger partial charge in [-0.3, -0.25) is 19.2 Å². The number of amides is 1. The van der Waals surface area contributed by atoms with Gasteiger partial charge < -0.3 is 5.73 Å². The maximum atomic E-state index is 11.6. The van der Waals surface area contributed by atoms with Crippen molar-refractivity contribution in [3.8, 4) is 22.4 Å². The first-order valence-electron chi connectivity index (χ1n) is 7.79. The number of nitrogens with two attached hydrogens (primary N) is 1. The van der Waals surface area contributed by atoms with Crippen LogP contribution in [0.2, 0.25) is 0 Å². The highest BCUT2D eigenvalue weighted by Crippen LogP contribution is 2.30. The quantitative estimate of drug-likeness (QED) is 0.626. The Bertz CT molecular complexity index is 1100. The third-order valence-electron chi connectivity index (χ3n) is 4.05. The molecule has 0 fully saturated rings. The minimum absolute atomic E-state index is 0.343. The molecule has 0 saturated heterocycles. The van der Waals surface area contributed by atoms with Crippen LogP contribution in [0, 0.1) is 6.92 Å². The van der Waals surface area contributed by atoms with Gasteiger partial charge in [-0.2, -0.15) is 0 Å². The standard InChI is InChI=1S/C19H15N5O/c1-12-3-2-4-16(23-12)14-7-8-21-9-15(14)13-5-6-18-22-10-17(19(20)25)24(18)11-13/h2-11H,1H3,(H2,20,25). The number of hydrogen-bond acceptors (Lipinski definition) is 4. The second-order valence-electron chi connectivity index (χ2n) is 5.74. The summed E-state index contributed by atoms with van der Waals surface area (Å²) >= 11 is 0. The Balaban J connectivity index is 1.92. The van der Waals surface area contributed by atoms with Crippen molar-refractivity contribution in [1.82, 2.24) is 19.4 Å². The molecule has 0 aliphatic rings. The van der Waals surface area contributed by atoms with E-state index in [-0.39, 0.29) is 0 Å². The summed E-state index contributed by atoms with van der Waals surface area (Å²) in [6.07, 6.45) is 6.86. The molecular weight excluding hydrogens is 314 g/mol. The minimum Gasteiger partial charge on any atom is -0.364 e. The molecule has 4 rings (SSSR count). The minimum atomic E-state index is -0.517. The van der Waals surface area contributed by atoms with Crippen LogP contribution >= 0.6 is 0 Å². The van der Waals surface area contributed by atoms with Gasteiger partial charge in [-0.1, -0.05) is 6.07 Å². The van der Waals surface area contributed by atoms with Crippen molar-refractivity contribution in [3.05, 3.63) is 72.6 Å². The second-order valence-corrected chi connectivity index (χ2v) is 5.74. The van der Waals surface area contributed by atoms with Gasteiger partial charge in [0.2, 0.25) is 0 Å². The molecule has 0 unspecified atom stereocenters. The number of rotatable bonds is 3. The van der Waals surface area contributed by atoms with Crippen LogP contribution in [0.1, 0.15) is 16.2 Å². The van der Waals surface area contributed by atoms with Gasteiger partial charge in [-0.15, -0.1) is 0 Å². The Morgan fingerprint density at radius 1 is 1.08 bits per heavy atom. The van der Waals surface area contributed by atoms with Crippen LogP contribution in [0.4, 0.5) is 0 Å². The van der Waals surface area contributed by atoms with Crippen molar-refractivity contribution in [1.29, 1.82) is 0 Å². The number of aromatic nitrogens is 4. The number of carbonyl (C=O) groups is 1. The van der Waals surface area contributed by atoms with E-state index < -0.39 is 5.91 Å². The molecule has 1 amide bonds. The average Bonchev–Trinajstić information content (AvgIpc) is 3.05. The van der Waals surface area contributed by atoms with Crippen molar-refractivity contribution in [2.24, 2.45) is 5.73 Å². The average molecular weight is 329 g/mol. The van der Waals surface area contributed by atoms with E-state index in [0.29, 0.717) is 11.3 Å². The lowest BCUT2D eigenvalue weighted by molar-refractivity contribution is 0.0995. The predicted octanol–water partition coefficient (Wildman–Crippen LogP) is 2.87. The molecule has 4 aromatic rings. The third kappa shape index (κ3) is 2.63. The fraction of sp³-hybridized carbons (Fsp3) is 0.0526. The third-order valence-corrected chi connectivity index (χ3v) is 4.05. The molecule has 0 atom stereocenters. The van der Waals surface area contributed by atoms with Crippen LogP contribution in [-0.2, 0) is 0 Å². The SMILES string of the molecule is Cc1cccc(-c2ccncc2-c2ccc3ncc(C(N)=O)n3c2)n1. The van der Waals surface area contributed by atoms with E-state index in [4.69, 9.17) is 5.73 Å². The molecule has 0 bridgehead atoms. The molecule has 6 nitrogen and oxygen atoms in total. The van der Waals surface area contributed by atoms with Crippen LogP contribution in [-0.4, -0.2) is 25.3 Å². The van der Waals surface area contributed by atoms with Gasteiger partial charge in [-0.05, 0) is 37.3 Å². The molecule has 4 aromatic heterocycles. The number of fused-ring (bicyclic) bond motifs is 1. The first-order valence-corrected chi connectivity index (χ1v) is 7.79. The Kier molecular flexibility index (Phi) is 3.50. The van der Waals surface area contributed by atoms with Gasteiger partial charge in [0.05, 0.1) is 11.9 Å². The molecule has 4 heterocycles. The van der Waals surface area contributed by atoms with E-state index in [2.05, 4.69) is 15.0 Å². The number of carbonyl (C=O) groups excluding carboxylic acids is 1. The van der Waals surface area contributed by atoms with Gasteiger partial charge in [0.15, 0.2) is 0 Å². The summed E-state index contributed by atoms with van der Waals surface area (Å²) in [6, 6.07) is 11.6. The Labute approximate surface area is 144 Å². The van der Waals surface area contributed by atoms with E-state index in [1.54, 1.807) is 16.8 Å². The molecular formula is C19H15N5O. The molecule has 122 valence electrons. The van der Waals surface area contributed by atoms with Crippen LogP contribution < -0.4 is 5.73 Å². The van der Waals surface area contributed by atoms with Gasteiger partial charge in [0, 0.05) is 41.0 Å². The molecule has 0 spiro atoms. The monoisotopic (exact) mass is 329 g/mol. The highest BCUT2D eigenvalue weighted by molar-refractivity contribution is 5.92. The first-order chi connectivity index (χ1) is 12.1. The highest BCUT2D eigenvalue weighted by Gasteiger charge is 2.13. The van der Waals surface area contributed by atoms with Crippen LogP contribution in [0.25, 0.3) is 28.0 Å². The van der Waals surface area contributed by atoms with Gasteiger partial charge >= 0.3 is 0 Å². The fourth-order valence-corrected chi connectivity index (χ4v) is 2.86. The van der Waals surface area contributed by atoms with Crippen LogP contribution in [0.15, 0.2) is 61.2 Å². The lowest BCUT2D eigenvalue weighted by atomic mass is 10.0. The van der Waals surface area contributed by atoms with Gasteiger partial charge in [0.1, 0.15) is 11.3 Å². The lowest BCUT2D eigenvalue weighted by Crippen LogP contribution is -2.13. The van der Waals surface area contributed by atoms with E-state index >= 15 is 0 Å². The maximum absolute atomic E-state index is 11.6. The summed E-state index contributed by atoms with van der Waals surface area (Å²) in [4.78, 5) is 24.6. The van der Waals surface area contributed by atoms with Gasteiger partial charge in [-0.25, -0.2) is 4.98 Å². The molecule has 2 N–H and O–H groups in total. The summed E-state index contributed by atoms with van der Waals surface area (Å²) in [5.41, 5.74) is 11.1. The molecule has 0 aliphatic heterocycles. The zero-order valence-corrected chi connectivity index (χ0v) is 13.5. The summed E-state index contributed by atoms with van der Waals surface area (Å²) in [5.74, 6) is -0.517. The van der Waals surface area contributed by atoms with Crippen molar-refractivity contribution >= 4 is 11.6 Å². The molecule has 0 aromatic carbocycles. The molecule has 0 saturated carbocycles. The molecule has 25 heavy (non-hydrogen) atoms. The first kappa shape index (κ1) is 15.0. The zero-order valence-electron chi connectivity index (χ0n) is 13.5. The zero-order chi connectivity index (χ0) is 17.4. The number of pyridine rings is 3. The maximum Gasteiger partial charge on any atom is 0.267 e. The lowest BCUT2D eigenvalue weighted by Gasteiger charge is -2.10. The van der Waals surface area contributed by atoms with Crippen molar-refractivity contribution in [3.63, 3.8) is 0 Å². The topological polar surface area (TPSA) is 86.2 Å². The van der Waals surface area contributed by atoms with Crippen molar-refractivity contribution in [2.45, 2.75) is 6.92 Å². The van der Waals surface area contributed by atoms with Crippen LogP contribution in [0.5, 0.6) is 0 Å². The van der Waals surface area contributed by atoms with E-state index in [1.807, 2.05) is 49.5 Å². The number of imidazole rings is 1. The summed E-state index contributed by atoms with van der Waals surface area (Å²) in [7, 11) is 0. The molecule has 0 radical (unpaired) electrons. The van der Waals surface area contributed by atoms with Crippen molar-refractivity contribution in [2.75, 3.05) is 0 Å². The van der Waals surface area contributed by atoms with Gasteiger partial charge in [0.25, 0.3) is 5.91 Å². The highest BCUT2D eigenvalue weighted by atomic mass is 16.1. The number of nitrogens with zero attached hydrogens (tertiary/aromatic N) is 4. The summed E-state index contributed by atoms with van der Waals surface area (Å²) in [6.45, 7) is 1.96. The van der Waals surface area contributed by atoms with E-state index in [1.165, 1.54) is 6.20 Å². The summed E-state index contributed by atoms with van der Waals surface area (Å²) in [5, 5.41) is 0. The Hall–Kier alpha value is -3.54. The Morgan fingerprint density at radius 3 is 2.76 bits per heavy atom. The smallest absolute Gasteiger partial charge is 0.267 e. The second kappa shape index (κ2) is 5.83. The number of hydrogen-bond donors (Lipinski definition) is 1. The number of aryl methyl sites for hydroxylation is 1. The largest absolute Gasteiger partial charge is 0.364 e. The van der Waals surface area contributed by atoms with Crippen molar-refractivity contribution < 1.29 is 4.79 Å². The molecule has 0 aliphatic carbocycles. The number of primary amides is 1. The molecule has 6 heteroatoms. The normalized spacial score (nSPS) is 10.9. The Morgan fingerprint density at radius 2 is 1.96 bits per heavy atom. The summed E-state index contributed by atoms with van der Waals surface area (Å²) < 4.78 is 1.69. The van der Waals surface area contributed by atoms with E-state index in [9.17, 15) is 4.79 Å². The predicted molar refractivity (Wildman–Crippen MR) is 94.9 cm³/mol. The van der Waals surface area contributed by atoms with Crippen LogP contribution in [0.3, 0.4) is 0 Å².